The van der Waals surface area contributed by atoms with Crippen molar-refractivity contribution in [3.05, 3.63) is 11.3 Å². The molecule has 5 nitrogen and oxygen atoms in total. The van der Waals surface area contributed by atoms with E-state index in [1.807, 2.05) is 0 Å². The molecule has 0 saturated carbocycles. The van der Waals surface area contributed by atoms with Crippen LogP contribution in [0.25, 0.3) is 0 Å². The maximum absolute atomic E-state index is 12.7. The summed E-state index contributed by atoms with van der Waals surface area (Å²) in [6, 6.07) is 1.60. The number of alkyl halides is 3. The second kappa shape index (κ2) is 4.49. The molecule has 18 heavy (non-hydrogen) atoms. The second-order valence-electron chi connectivity index (χ2n) is 3.88. The number of nitrogens with zero attached hydrogens (tertiary/aromatic N) is 4. The largest absolute Gasteiger partial charge is 0.436 e. The van der Waals surface area contributed by atoms with Gasteiger partial charge in [-0.15, -0.1) is 0 Å². The molecular formula is C10H11F3N4O. The maximum Gasteiger partial charge on any atom is 0.436 e. The van der Waals surface area contributed by atoms with Gasteiger partial charge in [0.05, 0.1) is 13.2 Å². The smallest absolute Gasteiger partial charge is 0.378 e. The van der Waals surface area contributed by atoms with Gasteiger partial charge < -0.3 is 9.64 Å². The topological polar surface area (TPSA) is 54.1 Å². The molecule has 0 atom stereocenters. The van der Waals surface area contributed by atoms with Crippen molar-refractivity contribution in [3.8, 4) is 6.07 Å². The van der Waals surface area contributed by atoms with Crippen LogP contribution in [-0.2, 0) is 18.0 Å². The van der Waals surface area contributed by atoms with Crippen LogP contribution in [0.1, 0.15) is 11.3 Å². The Kier molecular flexibility index (Phi) is 3.17. The SMILES string of the molecule is Cn1nc(C(F)(F)F)c(C#N)c1N1CCOCC1. The third-order valence-electron chi connectivity index (χ3n) is 2.71. The minimum Gasteiger partial charge on any atom is -0.378 e. The average Bonchev–Trinajstić information content (AvgIpc) is 2.67. The van der Waals surface area contributed by atoms with E-state index in [4.69, 9.17) is 10.00 Å². The Morgan fingerprint density at radius 1 is 1.33 bits per heavy atom. The first kappa shape index (κ1) is 12.7. The van der Waals surface area contributed by atoms with E-state index in [0.717, 1.165) is 4.68 Å². The first-order valence-electron chi connectivity index (χ1n) is 5.32. The van der Waals surface area contributed by atoms with E-state index < -0.39 is 17.4 Å². The molecule has 98 valence electrons. The molecule has 0 unspecified atom stereocenters. The predicted molar refractivity (Wildman–Crippen MR) is 56.0 cm³/mol. The van der Waals surface area contributed by atoms with Gasteiger partial charge >= 0.3 is 6.18 Å². The molecule has 1 saturated heterocycles. The predicted octanol–water partition coefficient (Wildman–Crippen LogP) is 1.15. The standard InChI is InChI=1S/C10H11F3N4O/c1-16-9(17-2-4-18-5-3-17)7(6-14)8(15-16)10(11,12)13/h2-5H2,1H3. The van der Waals surface area contributed by atoms with Crippen LogP contribution in [0.5, 0.6) is 0 Å². The monoisotopic (exact) mass is 260 g/mol. The van der Waals surface area contributed by atoms with Crippen molar-refractivity contribution in [1.29, 1.82) is 5.26 Å². The first-order valence-corrected chi connectivity index (χ1v) is 5.32. The molecule has 1 fully saturated rings. The summed E-state index contributed by atoms with van der Waals surface area (Å²) >= 11 is 0. The third kappa shape index (κ3) is 2.13. The molecule has 0 aliphatic carbocycles. The minimum atomic E-state index is -4.62. The van der Waals surface area contributed by atoms with Gasteiger partial charge in [-0.25, -0.2) is 0 Å². The van der Waals surface area contributed by atoms with Gasteiger partial charge in [-0.05, 0) is 0 Å². The zero-order valence-corrected chi connectivity index (χ0v) is 9.66. The number of morpholine rings is 1. The number of hydrogen-bond acceptors (Lipinski definition) is 4. The van der Waals surface area contributed by atoms with Crippen LogP contribution in [0.3, 0.4) is 0 Å². The van der Waals surface area contributed by atoms with E-state index in [-0.39, 0.29) is 5.82 Å². The highest BCUT2D eigenvalue weighted by Crippen LogP contribution is 2.35. The lowest BCUT2D eigenvalue weighted by molar-refractivity contribution is -0.141. The van der Waals surface area contributed by atoms with Gasteiger partial charge in [0.2, 0.25) is 0 Å². The van der Waals surface area contributed by atoms with E-state index in [1.165, 1.54) is 7.05 Å². The Labute approximate surface area is 101 Å². The summed E-state index contributed by atoms with van der Waals surface area (Å²) in [5, 5.41) is 12.4. The number of rotatable bonds is 1. The van der Waals surface area contributed by atoms with Crippen LogP contribution < -0.4 is 4.90 Å². The molecule has 2 heterocycles. The summed E-state index contributed by atoms with van der Waals surface area (Å²) in [5.41, 5.74) is -1.55. The van der Waals surface area contributed by atoms with Gasteiger partial charge in [-0.1, -0.05) is 0 Å². The molecule has 0 spiro atoms. The maximum atomic E-state index is 12.7. The molecular weight excluding hydrogens is 249 g/mol. The van der Waals surface area contributed by atoms with Crippen molar-refractivity contribution >= 4 is 5.82 Å². The number of hydrogen-bond donors (Lipinski definition) is 0. The van der Waals surface area contributed by atoms with E-state index in [2.05, 4.69) is 5.10 Å². The van der Waals surface area contributed by atoms with Crippen molar-refractivity contribution in [2.45, 2.75) is 6.18 Å². The molecule has 1 aromatic heterocycles. The van der Waals surface area contributed by atoms with Crippen molar-refractivity contribution in [3.63, 3.8) is 0 Å². The second-order valence-corrected chi connectivity index (χ2v) is 3.88. The molecule has 0 aromatic carbocycles. The summed E-state index contributed by atoms with van der Waals surface area (Å²) in [5.74, 6) is 0.202. The quantitative estimate of drug-likeness (QED) is 0.760. The zero-order valence-electron chi connectivity index (χ0n) is 9.66. The summed E-state index contributed by atoms with van der Waals surface area (Å²) in [6.45, 7) is 1.76. The van der Waals surface area contributed by atoms with Crippen molar-refractivity contribution in [1.82, 2.24) is 9.78 Å². The summed E-state index contributed by atoms with van der Waals surface area (Å²) in [6.07, 6.45) is -4.62. The van der Waals surface area contributed by atoms with Crippen LogP contribution in [0.4, 0.5) is 19.0 Å². The molecule has 2 rings (SSSR count). The van der Waals surface area contributed by atoms with Gasteiger partial charge in [-0.3, -0.25) is 4.68 Å². The van der Waals surface area contributed by atoms with Crippen LogP contribution in [0, 0.1) is 11.3 Å². The van der Waals surface area contributed by atoms with Crippen molar-refractivity contribution in [2.75, 3.05) is 31.2 Å². The lowest BCUT2D eigenvalue weighted by atomic mass is 10.2. The number of halogens is 3. The van der Waals surface area contributed by atoms with Crippen LogP contribution in [-0.4, -0.2) is 36.1 Å². The lowest BCUT2D eigenvalue weighted by Gasteiger charge is -2.28. The van der Waals surface area contributed by atoms with Gasteiger partial charge in [0, 0.05) is 20.1 Å². The third-order valence-corrected chi connectivity index (χ3v) is 2.71. The van der Waals surface area contributed by atoms with E-state index in [0.29, 0.717) is 26.3 Å². The fraction of sp³-hybridized carbons (Fsp3) is 0.600. The van der Waals surface area contributed by atoms with Gasteiger partial charge in [0.25, 0.3) is 0 Å². The number of aromatic nitrogens is 2. The summed E-state index contributed by atoms with van der Waals surface area (Å²) < 4.78 is 44.4. The first-order chi connectivity index (χ1) is 8.45. The van der Waals surface area contributed by atoms with Gasteiger partial charge in [0.15, 0.2) is 5.69 Å². The Morgan fingerprint density at radius 2 is 1.94 bits per heavy atom. The number of ether oxygens (including phenoxy) is 1. The highest BCUT2D eigenvalue weighted by atomic mass is 19.4. The zero-order chi connectivity index (χ0) is 13.3. The fourth-order valence-corrected chi connectivity index (χ4v) is 1.95. The summed E-state index contributed by atoms with van der Waals surface area (Å²) in [4.78, 5) is 1.68. The molecule has 0 N–H and O–H groups in total. The molecule has 1 aliphatic rings. The van der Waals surface area contributed by atoms with Crippen LogP contribution in [0.15, 0.2) is 0 Å². The Hall–Kier alpha value is -1.75. The molecule has 1 aromatic rings. The average molecular weight is 260 g/mol. The molecule has 8 heteroatoms. The molecule has 0 radical (unpaired) electrons. The number of aryl methyl sites for hydroxylation is 1. The number of nitriles is 1. The van der Waals surface area contributed by atoms with Gasteiger partial charge in [0.1, 0.15) is 17.5 Å². The van der Waals surface area contributed by atoms with E-state index in [9.17, 15) is 13.2 Å². The fourth-order valence-electron chi connectivity index (χ4n) is 1.95. The Morgan fingerprint density at radius 3 is 2.44 bits per heavy atom. The Balaban J connectivity index is 2.47. The minimum absolute atomic E-state index is 0.202. The molecule has 0 amide bonds. The van der Waals surface area contributed by atoms with Crippen molar-refractivity contribution in [2.24, 2.45) is 7.05 Å². The van der Waals surface area contributed by atoms with Crippen LogP contribution in [0.2, 0.25) is 0 Å². The molecule has 0 bridgehead atoms. The highest BCUT2D eigenvalue weighted by molar-refractivity contribution is 5.58. The van der Waals surface area contributed by atoms with Crippen LogP contribution >= 0.6 is 0 Å². The van der Waals surface area contributed by atoms with E-state index in [1.54, 1.807) is 11.0 Å². The number of anilines is 1. The normalized spacial score (nSPS) is 16.7. The lowest BCUT2D eigenvalue weighted by Crippen LogP contribution is -2.37. The highest BCUT2D eigenvalue weighted by Gasteiger charge is 2.40. The molecule has 1 aliphatic heterocycles. The van der Waals surface area contributed by atoms with Gasteiger partial charge in [-0.2, -0.15) is 23.5 Å². The summed E-state index contributed by atoms with van der Waals surface area (Å²) in [7, 11) is 1.40. The Bertz CT molecular complexity index is 483. The van der Waals surface area contributed by atoms with E-state index >= 15 is 0 Å². The van der Waals surface area contributed by atoms with Crippen molar-refractivity contribution < 1.29 is 17.9 Å².